The van der Waals surface area contributed by atoms with E-state index in [0.29, 0.717) is 0 Å². The van der Waals surface area contributed by atoms with Gasteiger partial charge in [-0.3, -0.25) is 4.68 Å². The third-order valence-corrected chi connectivity index (χ3v) is 2.96. The minimum absolute atomic E-state index is 0.151. The van der Waals surface area contributed by atoms with Crippen LogP contribution in [-0.4, -0.2) is 21.9 Å². The van der Waals surface area contributed by atoms with E-state index < -0.39 is 0 Å². The molecule has 1 aromatic rings. The lowest BCUT2D eigenvalue weighted by Gasteiger charge is -2.20. The largest absolute Gasteiger partial charge is 0.312 e. The molecule has 1 heterocycles. The van der Waals surface area contributed by atoms with Crippen LogP contribution in [0.2, 0.25) is 5.02 Å². The summed E-state index contributed by atoms with van der Waals surface area (Å²) in [5.74, 6) is 0. The molecule has 0 fully saturated rings. The van der Waals surface area contributed by atoms with Crippen molar-refractivity contribution in [3.05, 3.63) is 16.4 Å². The van der Waals surface area contributed by atoms with E-state index >= 15 is 0 Å². The zero-order valence-electron chi connectivity index (χ0n) is 10.9. The van der Waals surface area contributed by atoms with Crippen molar-refractivity contribution in [3.8, 4) is 0 Å². The van der Waals surface area contributed by atoms with Crippen molar-refractivity contribution in [1.82, 2.24) is 15.1 Å². The molecule has 0 aromatic carbocycles. The normalized spacial score (nSPS) is 12.1. The highest BCUT2D eigenvalue weighted by Crippen LogP contribution is 2.21. The van der Waals surface area contributed by atoms with Gasteiger partial charge in [0.2, 0.25) is 0 Å². The predicted molar refractivity (Wildman–Crippen MR) is 69.1 cm³/mol. The van der Waals surface area contributed by atoms with Crippen LogP contribution >= 0.6 is 11.6 Å². The summed E-state index contributed by atoms with van der Waals surface area (Å²) in [6, 6.07) is 0. The van der Waals surface area contributed by atoms with Gasteiger partial charge in [0.25, 0.3) is 0 Å². The molecule has 0 unspecified atom stereocenters. The second kappa shape index (κ2) is 5.19. The van der Waals surface area contributed by atoms with E-state index in [-0.39, 0.29) is 5.54 Å². The quantitative estimate of drug-likeness (QED) is 0.881. The zero-order valence-corrected chi connectivity index (χ0v) is 11.6. The molecule has 1 N–H and O–H groups in total. The van der Waals surface area contributed by atoms with Gasteiger partial charge in [-0.15, -0.1) is 0 Å². The Balaban J connectivity index is 2.64. The summed E-state index contributed by atoms with van der Waals surface area (Å²) in [6.07, 6.45) is 1.80. The Morgan fingerprint density at radius 1 is 1.38 bits per heavy atom. The molecule has 92 valence electrons. The Bertz CT molecular complexity index is 350. The van der Waals surface area contributed by atoms with Crippen LogP contribution in [0.4, 0.5) is 0 Å². The highest BCUT2D eigenvalue weighted by molar-refractivity contribution is 6.31. The molecule has 0 spiro atoms. The fourth-order valence-corrected chi connectivity index (χ4v) is 2.04. The van der Waals surface area contributed by atoms with Crippen LogP contribution in [0.25, 0.3) is 0 Å². The van der Waals surface area contributed by atoms with Gasteiger partial charge in [-0.2, -0.15) is 5.10 Å². The molecule has 3 nitrogen and oxygen atoms in total. The third kappa shape index (κ3) is 3.49. The molecule has 0 saturated carbocycles. The molecular weight excluding hydrogens is 222 g/mol. The van der Waals surface area contributed by atoms with Crippen LogP contribution < -0.4 is 5.32 Å². The second-order valence-electron chi connectivity index (χ2n) is 5.11. The van der Waals surface area contributed by atoms with Gasteiger partial charge in [0, 0.05) is 25.6 Å². The Morgan fingerprint density at radius 2 is 2.00 bits per heavy atom. The highest BCUT2D eigenvalue weighted by Gasteiger charge is 2.14. The van der Waals surface area contributed by atoms with Crippen LogP contribution in [0.3, 0.4) is 0 Å². The number of nitrogens with one attached hydrogen (secondary N) is 1. The van der Waals surface area contributed by atoms with Crippen molar-refractivity contribution in [2.75, 3.05) is 6.54 Å². The fraction of sp³-hybridized carbons (Fsp3) is 0.750. The first-order chi connectivity index (χ1) is 7.35. The number of hydrogen-bond acceptors (Lipinski definition) is 2. The maximum Gasteiger partial charge on any atom is 0.0850 e. The second-order valence-corrected chi connectivity index (χ2v) is 5.49. The van der Waals surface area contributed by atoms with Crippen molar-refractivity contribution >= 4 is 11.6 Å². The Kier molecular flexibility index (Phi) is 4.39. The Labute approximate surface area is 103 Å². The van der Waals surface area contributed by atoms with Gasteiger partial charge in [-0.25, -0.2) is 0 Å². The molecular formula is C12H22ClN3. The first-order valence-electron chi connectivity index (χ1n) is 5.80. The maximum absolute atomic E-state index is 6.27. The molecule has 16 heavy (non-hydrogen) atoms. The van der Waals surface area contributed by atoms with Crippen molar-refractivity contribution in [2.45, 2.75) is 46.1 Å². The van der Waals surface area contributed by atoms with Crippen molar-refractivity contribution in [2.24, 2.45) is 7.05 Å². The highest BCUT2D eigenvalue weighted by atomic mass is 35.5. The van der Waals surface area contributed by atoms with E-state index in [0.717, 1.165) is 35.8 Å². The fourth-order valence-electron chi connectivity index (χ4n) is 1.65. The van der Waals surface area contributed by atoms with E-state index in [1.807, 2.05) is 11.7 Å². The summed E-state index contributed by atoms with van der Waals surface area (Å²) in [5.41, 5.74) is 2.27. The summed E-state index contributed by atoms with van der Waals surface area (Å²) in [6.45, 7) is 9.48. The lowest BCUT2D eigenvalue weighted by Crippen LogP contribution is -2.37. The zero-order chi connectivity index (χ0) is 12.3. The SMILES string of the molecule is CCc1nn(C)c(CCNC(C)(C)C)c1Cl. The van der Waals surface area contributed by atoms with E-state index in [1.54, 1.807) is 0 Å². The molecule has 4 heteroatoms. The molecule has 0 bridgehead atoms. The molecule has 0 aliphatic heterocycles. The van der Waals surface area contributed by atoms with Gasteiger partial charge in [-0.1, -0.05) is 18.5 Å². The van der Waals surface area contributed by atoms with E-state index in [1.165, 1.54) is 0 Å². The van der Waals surface area contributed by atoms with Gasteiger partial charge in [0.1, 0.15) is 0 Å². The summed E-state index contributed by atoms with van der Waals surface area (Å²) < 4.78 is 1.89. The molecule has 0 saturated heterocycles. The van der Waals surface area contributed by atoms with E-state index in [2.05, 4.69) is 38.1 Å². The van der Waals surface area contributed by atoms with Crippen LogP contribution in [0.5, 0.6) is 0 Å². The number of nitrogens with zero attached hydrogens (tertiary/aromatic N) is 2. The smallest absolute Gasteiger partial charge is 0.0850 e. The third-order valence-electron chi connectivity index (χ3n) is 2.52. The molecule has 0 amide bonds. The predicted octanol–water partition coefficient (Wildman–Crippen LogP) is 2.57. The molecule has 0 aliphatic rings. The number of halogens is 1. The van der Waals surface area contributed by atoms with Gasteiger partial charge in [-0.05, 0) is 27.2 Å². The van der Waals surface area contributed by atoms with Crippen molar-refractivity contribution < 1.29 is 0 Å². The number of aryl methyl sites for hydroxylation is 2. The summed E-state index contributed by atoms with van der Waals surface area (Å²) >= 11 is 6.27. The molecule has 0 aliphatic carbocycles. The van der Waals surface area contributed by atoms with Crippen molar-refractivity contribution in [1.29, 1.82) is 0 Å². The first-order valence-corrected chi connectivity index (χ1v) is 6.18. The van der Waals surface area contributed by atoms with Gasteiger partial charge >= 0.3 is 0 Å². The van der Waals surface area contributed by atoms with Crippen LogP contribution in [0, 0.1) is 0 Å². The van der Waals surface area contributed by atoms with Crippen molar-refractivity contribution in [3.63, 3.8) is 0 Å². The van der Waals surface area contributed by atoms with Crippen LogP contribution in [0.1, 0.15) is 39.1 Å². The summed E-state index contributed by atoms with van der Waals surface area (Å²) in [4.78, 5) is 0. The standard InChI is InChI=1S/C12H22ClN3/c1-6-9-11(13)10(16(5)15-9)7-8-14-12(2,3)4/h14H,6-8H2,1-5H3. The average molecular weight is 244 g/mol. The monoisotopic (exact) mass is 243 g/mol. The average Bonchev–Trinajstić information content (AvgIpc) is 2.42. The Hall–Kier alpha value is -0.540. The van der Waals surface area contributed by atoms with E-state index in [9.17, 15) is 0 Å². The number of hydrogen-bond donors (Lipinski definition) is 1. The Morgan fingerprint density at radius 3 is 2.44 bits per heavy atom. The van der Waals surface area contributed by atoms with Gasteiger partial charge < -0.3 is 5.32 Å². The summed E-state index contributed by atoms with van der Waals surface area (Å²) in [7, 11) is 1.96. The van der Waals surface area contributed by atoms with Gasteiger partial charge in [0.05, 0.1) is 16.4 Å². The number of aromatic nitrogens is 2. The molecule has 1 rings (SSSR count). The molecule has 0 atom stereocenters. The van der Waals surface area contributed by atoms with Gasteiger partial charge in [0.15, 0.2) is 0 Å². The lowest BCUT2D eigenvalue weighted by atomic mass is 10.1. The lowest BCUT2D eigenvalue weighted by molar-refractivity contribution is 0.426. The van der Waals surface area contributed by atoms with Crippen LogP contribution in [-0.2, 0) is 19.9 Å². The van der Waals surface area contributed by atoms with E-state index in [4.69, 9.17) is 11.6 Å². The molecule has 1 aromatic heterocycles. The first kappa shape index (κ1) is 13.5. The molecule has 0 radical (unpaired) electrons. The topological polar surface area (TPSA) is 29.9 Å². The minimum atomic E-state index is 0.151. The number of rotatable bonds is 4. The summed E-state index contributed by atoms with van der Waals surface area (Å²) in [5, 5.41) is 8.69. The minimum Gasteiger partial charge on any atom is -0.312 e. The van der Waals surface area contributed by atoms with Crippen LogP contribution in [0.15, 0.2) is 0 Å². The maximum atomic E-state index is 6.27.